The van der Waals surface area contributed by atoms with Gasteiger partial charge in [0.05, 0.1) is 24.6 Å². The van der Waals surface area contributed by atoms with Gasteiger partial charge >= 0.3 is 0 Å². The van der Waals surface area contributed by atoms with Crippen LogP contribution in [0, 0.1) is 0 Å². The molecular formula is C10H13NO2. The van der Waals surface area contributed by atoms with Crippen molar-refractivity contribution < 1.29 is 10.2 Å². The Hall–Kier alpha value is -0.930. The molecule has 0 amide bonds. The molecule has 1 aliphatic carbocycles. The van der Waals surface area contributed by atoms with Gasteiger partial charge in [-0.1, -0.05) is 0 Å². The van der Waals surface area contributed by atoms with Crippen LogP contribution in [0.25, 0.3) is 0 Å². The molecule has 1 saturated carbocycles. The number of pyridine rings is 1. The van der Waals surface area contributed by atoms with Crippen LogP contribution >= 0.6 is 0 Å². The van der Waals surface area contributed by atoms with E-state index in [9.17, 15) is 0 Å². The zero-order valence-electron chi connectivity index (χ0n) is 7.40. The number of hydrogen-bond donors (Lipinski definition) is 2. The van der Waals surface area contributed by atoms with Crippen LogP contribution in [0.4, 0.5) is 0 Å². The van der Waals surface area contributed by atoms with Crippen LogP contribution in [0.15, 0.2) is 12.1 Å². The monoisotopic (exact) mass is 179 g/mol. The lowest BCUT2D eigenvalue weighted by Crippen LogP contribution is -1.98. The van der Waals surface area contributed by atoms with Gasteiger partial charge in [0.25, 0.3) is 0 Å². The van der Waals surface area contributed by atoms with Crippen LogP contribution in [0.2, 0.25) is 0 Å². The molecule has 0 radical (unpaired) electrons. The molecule has 2 N–H and O–H groups in total. The molecule has 1 aliphatic rings. The molecule has 0 aliphatic heterocycles. The first-order valence-electron chi connectivity index (χ1n) is 4.55. The molecule has 0 spiro atoms. The Labute approximate surface area is 77.1 Å². The highest BCUT2D eigenvalue weighted by atomic mass is 16.3. The fourth-order valence-electron chi connectivity index (χ4n) is 1.49. The minimum Gasteiger partial charge on any atom is -0.390 e. The van der Waals surface area contributed by atoms with E-state index < -0.39 is 0 Å². The number of nitrogens with zero attached hydrogens (tertiary/aromatic N) is 1. The third-order valence-corrected chi connectivity index (χ3v) is 2.33. The maximum atomic E-state index is 8.94. The van der Waals surface area contributed by atoms with Gasteiger partial charge in [0.2, 0.25) is 0 Å². The lowest BCUT2D eigenvalue weighted by atomic mass is 10.1. The van der Waals surface area contributed by atoms with E-state index in [0.29, 0.717) is 17.3 Å². The lowest BCUT2D eigenvalue weighted by Gasteiger charge is -2.04. The van der Waals surface area contributed by atoms with Crippen molar-refractivity contribution in [2.75, 3.05) is 0 Å². The second-order valence-electron chi connectivity index (χ2n) is 3.47. The normalized spacial score (nSPS) is 16.2. The Morgan fingerprint density at radius 1 is 1.15 bits per heavy atom. The van der Waals surface area contributed by atoms with Crippen molar-refractivity contribution in [1.82, 2.24) is 4.98 Å². The maximum absolute atomic E-state index is 8.94. The summed E-state index contributed by atoms with van der Waals surface area (Å²) in [4.78, 5) is 4.08. The number of hydrogen-bond acceptors (Lipinski definition) is 3. The van der Waals surface area contributed by atoms with E-state index in [2.05, 4.69) is 4.98 Å². The second kappa shape index (κ2) is 3.44. The fourth-order valence-corrected chi connectivity index (χ4v) is 1.49. The summed E-state index contributed by atoms with van der Waals surface area (Å²) >= 11 is 0. The molecule has 0 aromatic carbocycles. The predicted octanol–water partition coefficient (Wildman–Crippen LogP) is 0.944. The van der Waals surface area contributed by atoms with E-state index in [4.69, 9.17) is 10.2 Å². The Balaban J connectivity index is 2.33. The van der Waals surface area contributed by atoms with Crippen molar-refractivity contribution in [1.29, 1.82) is 0 Å². The molecule has 1 aromatic rings. The highest BCUT2D eigenvalue weighted by molar-refractivity contribution is 5.27. The third kappa shape index (κ3) is 1.87. The van der Waals surface area contributed by atoms with Crippen molar-refractivity contribution >= 4 is 0 Å². The molecule has 3 nitrogen and oxygen atoms in total. The van der Waals surface area contributed by atoms with Gasteiger partial charge in [-0.05, 0) is 36.5 Å². The third-order valence-electron chi connectivity index (χ3n) is 2.33. The lowest BCUT2D eigenvalue weighted by molar-refractivity contribution is 0.265. The van der Waals surface area contributed by atoms with E-state index in [1.165, 1.54) is 18.4 Å². The van der Waals surface area contributed by atoms with Gasteiger partial charge < -0.3 is 10.2 Å². The summed E-state index contributed by atoms with van der Waals surface area (Å²) in [5.41, 5.74) is 2.53. The predicted molar refractivity (Wildman–Crippen MR) is 48.1 cm³/mol. The van der Waals surface area contributed by atoms with E-state index in [1.807, 2.05) is 12.1 Å². The van der Waals surface area contributed by atoms with Crippen LogP contribution in [-0.2, 0) is 13.2 Å². The fraction of sp³-hybridized carbons (Fsp3) is 0.500. The molecule has 1 heterocycles. The number of aliphatic hydroxyl groups excluding tert-OH is 2. The Kier molecular flexibility index (Phi) is 2.29. The molecular weight excluding hydrogens is 166 g/mol. The summed E-state index contributed by atoms with van der Waals surface area (Å²) in [7, 11) is 0. The zero-order valence-corrected chi connectivity index (χ0v) is 7.40. The molecule has 0 atom stereocenters. The van der Waals surface area contributed by atoms with E-state index >= 15 is 0 Å². The molecule has 1 aromatic heterocycles. The first-order chi connectivity index (χ1) is 6.33. The van der Waals surface area contributed by atoms with Crippen molar-refractivity contribution in [2.45, 2.75) is 32.0 Å². The highest BCUT2D eigenvalue weighted by Gasteiger charge is 2.24. The first-order valence-corrected chi connectivity index (χ1v) is 4.55. The van der Waals surface area contributed by atoms with Crippen molar-refractivity contribution in [3.05, 3.63) is 29.1 Å². The molecule has 3 heteroatoms. The van der Waals surface area contributed by atoms with Crippen molar-refractivity contribution in [2.24, 2.45) is 0 Å². The molecule has 70 valence electrons. The quantitative estimate of drug-likeness (QED) is 0.726. The summed E-state index contributed by atoms with van der Waals surface area (Å²) in [6.45, 7) is -0.0961. The maximum Gasteiger partial charge on any atom is 0.0853 e. The molecule has 0 unspecified atom stereocenters. The van der Waals surface area contributed by atoms with Gasteiger partial charge in [0.15, 0.2) is 0 Å². The van der Waals surface area contributed by atoms with E-state index in [0.717, 1.165) is 0 Å². The highest BCUT2D eigenvalue weighted by Crippen LogP contribution is 2.40. The van der Waals surface area contributed by atoms with Crippen LogP contribution in [-0.4, -0.2) is 15.2 Å². The molecule has 0 saturated heterocycles. The largest absolute Gasteiger partial charge is 0.390 e. The topological polar surface area (TPSA) is 53.4 Å². The Bertz CT molecular complexity index is 286. The van der Waals surface area contributed by atoms with Gasteiger partial charge in [-0.2, -0.15) is 0 Å². The molecule has 1 fully saturated rings. The summed E-state index contributed by atoms with van der Waals surface area (Å²) in [6, 6.07) is 3.85. The van der Waals surface area contributed by atoms with Gasteiger partial charge in [-0.25, -0.2) is 0 Å². The van der Waals surface area contributed by atoms with E-state index in [1.54, 1.807) is 0 Å². The van der Waals surface area contributed by atoms with Gasteiger partial charge in [-0.3, -0.25) is 4.98 Å². The Morgan fingerprint density at radius 2 is 1.69 bits per heavy atom. The first kappa shape index (κ1) is 8.66. The number of aliphatic hydroxyl groups is 2. The van der Waals surface area contributed by atoms with Crippen LogP contribution < -0.4 is 0 Å². The minimum atomic E-state index is -0.0481. The standard InChI is InChI=1S/C10H13NO2/c12-5-9-3-8(7-1-2-7)4-10(6-13)11-9/h3-4,7,12-13H,1-2,5-6H2. The van der Waals surface area contributed by atoms with Crippen molar-refractivity contribution in [3.8, 4) is 0 Å². The number of rotatable bonds is 3. The summed E-state index contributed by atoms with van der Waals surface area (Å²) < 4.78 is 0. The van der Waals surface area contributed by atoms with Crippen LogP contribution in [0.5, 0.6) is 0 Å². The number of aromatic nitrogens is 1. The van der Waals surface area contributed by atoms with Crippen molar-refractivity contribution in [3.63, 3.8) is 0 Å². The Morgan fingerprint density at radius 3 is 2.08 bits per heavy atom. The molecule has 0 bridgehead atoms. The zero-order chi connectivity index (χ0) is 9.26. The average molecular weight is 179 g/mol. The summed E-state index contributed by atoms with van der Waals surface area (Å²) in [6.07, 6.45) is 2.44. The van der Waals surface area contributed by atoms with Gasteiger partial charge in [0.1, 0.15) is 0 Å². The molecule has 2 rings (SSSR count). The average Bonchev–Trinajstić information content (AvgIpc) is 3.00. The van der Waals surface area contributed by atoms with Gasteiger partial charge in [-0.15, -0.1) is 0 Å². The SMILES string of the molecule is OCc1cc(C2CC2)cc(CO)n1. The summed E-state index contributed by atoms with van der Waals surface area (Å²) in [5.74, 6) is 0.638. The molecule has 13 heavy (non-hydrogen) atoms. The van der Waals surface area contributed by atoms with Crippen LogP contribution in [0.1, 0.15) is 35.7 Å². The van der Waals surface area contributed by atoms with Crippen LogP contribution in [0.3, 0.4) is 0 Å². The minimum absolute atomic E-state index is 0.0481. The second-order valence-corrected chi connectivity index (χ2v) is 3.47. The van der Waals surface area contributed by atoms with E-state index in [-0.39, 0.29) is 13.2 Å². The van der Waals surface area contributed by atoms with Gasteiger partial charge in [0, 0.05) is 0 Å². The summed E-state index contributed by atoms with van der Waals surface area (Å²) in [5, 5.41) is 17.9. The smallest absolute Gasteiger partial charge is 0.0853 e.